The number of fused-ring (bicyclic) bond motifs is 1. The fourth-order valence-corrected chi connectivity index (χ4v) is 3.33. The fraction of sp³-hybridized carbons (Fsp3) is 0.692. The van der Waals surface area contributed by atoms with Crippen molar-refractivity contribution in [3.8, 4) is 0 Å². The lowest BCUT2D eigenvalue weighted by Crippen LogP contribution is -2.62. The predicted octanol–water partition coefficient (Wildman–Crippen LogP) is 1.23. The van der Waals surface area contributed by atoms with Gasteiger partial charge in [-0.1, -0.05) is 6.08 Å². The van der Waals surface area contributed by atoms with Gasteiger partial charge in [-0.25, -0.2) is 0 Å². The van der Waals surface area contributed by atoms with Crippen molar-refractivity contribution < 1.29 is 19.4 Å². The Balaban J connectivity index is 2.21. The van der Waals surface area contributed by atoms with Gasteiger partial charge in [0.2, 0.25) is 0 Å². The Morgan fingerprint density at radius 1 is 1.71 bits per heavy atom. The maximum absolute atomic E-state index is 11.7. The first kappa shape index (κ1) is 12.3. The number of carbonyl (C=O) groups excluding carboxylic acids is 2. The minimum atomic E-state index is -1.09. The maximum atomic E-state index is 11.7. The Bertz CT molecular complexity index is 376. The Morgan fingerprint density at radius 2 is 2.41 bits per heavy atom. The van der Waals surface area contributed by atoms with Gasteiger partial charge in [0.25, 0.3) is 0 Å². The van der Waals surface area contributed by atoms with Crippen molar-refractivity contribution in [1.29, 1.82) is 0 Å². The van der Waals surface area contributed by atoms with Crippen molar-refractivity contribution in [2.24, 2.45) is 11.3 Å². The molecule has 2 aliphatic carbocycles. The number of rotatable bonds is 4. The normalized spacial score (nSPS) is 39.4. The zero-order chi connectivity index (χ0) is 12.7. The van der Waals surface area contributed by atoms with Gasteiger partial charge in [-0.05, 0) is 19.8 Å². The topological polar surface area (TPSA) is 63.6 Å². The van der Waals surface area contributed by atoms with E-state index in [9.17, 15) is 14.7 Å². The quantitative estimate of drug-likeness (QED) is 0.591. The Hall–Kier alpha value is -1.16. The number of esters is 1. The molecule has 1 N–H and O–H groups in total. The lowest BCUT2D eigenvalue weighted by molar-refractivity contribution is -0.186. The first-order valence-corrected chi connectivity index (χ1v) is 6.03. The van der Waals surface area contributed by atoms with Gasteiger partial charge in [0.1, 0.15) is 5.78 Å². The van der Waals surface area contributed by atoms with Gasteiger partial charge in [-0.2, -0.15) is 0 Å². The first-order valence-electron chi connectivity index (χ1n) is 6.03. The molecule has 4 nitrogen and oxygen atoms in total. The zero-order valence-corrected chi connectivity index (χ0v) is 10.1. The first-order chi connectivity index (χ1) is 7.99. The third-order valence-electron chi connectivity index (χ3n) is 4.35. The Kier molecular flexibility index (Phi) is 2.86. The highest BCUT2D eigenvalue weighted by Crippen LogP contribution is 2.64. The number of hydrogen-bond donors (Lipinski definition) is 1. The van der Waals surface area contributed by atoms with Gasteiger partial charge in [0, 0.05) is 17.8 Å². The monoisotopic (exact) mass is 238 g/mol. The van der Waals surface area contributed by atoms with Crippen LogP contribution in [0, 0.1) is 11.3 Å². The summed E-state index contributed by atoms with van der Waals surface area (Å²) in [5.74, 6) is -0.386. The Morgan fingerprint density at radius 3 is 2.94 bits per heavy atom. The highest BCUT2D eigenvalue weighted by molar-refractivity contribution is 5.88. The van der Waals surface area contributed by atoms with Crippen LogP contribution in [0.1, 0.15) is 32.6 Å². The molecule has 3 unspecified atom stereocenters. The van der Waals surface area contributed by atoms with Crippen LogP contribution in [0.15, 0.2) is 12.7 Å². The SMILES string of the molecule is C=CC1(O)CC2C(=O)CCC21CC(=O)OCC. The number of Topliss-reactive ketones (excluding diaryl/α,β-unsaturated/α-hetero) is 1. The average molecular weight is 238 g/mol. The standard InChI is InChI=1S/C13H18O4/c1-3-13(16)7-9-10(14)5-6-12(9,13)8-11(15)17-4-2/h3,9,16H,1,4-8H2,2H3. The third-order valence-corrected chi connectivity index (χ3v) is 4.35. The minimum absolute atomic E-state index is 0.111. The van der Waals surface area contributed by atoms with E-state index in [1.807, 2.05) is 0 Å². The lowest BCUT2D eigenvalue weighted by atomic mass is 9.49. The van der Waals surface area contributed by atoms with Crippen LogP contribution in [-0.4, -0.2) is 29.1 Å². The molecule has 0 aromatic rings. The lowest BCUT2D eigenvalue weighted by Gasteiger charge is -2.56. The molecule has 2 rings (SSSR count). The van der Waals surface area contributed by atoms with Crippen molar-refractivity contribution in [3.05, 3.63) is 12.7 Å². The van der Waals surface area contributed by atoms with E-state index in [4.69, 9.17) is 4.74 Å². The second-order valence-electron chi connectivity index (χ2n) is 4.99. The van der Waals surface area contributed by atoms with Crippen LogP contribution in [0.2, 0.25) is 0 Å². The van der Waals surface area contributed by atoms with Crippen LogP contribution in [0.4, 0.5) is 0 Å². The molecule has 0 heterocycles. The second-order valence-corrected chi connectivity index (χ2v) is 4.99. The van der Waals surface area contributed by atoms with E-state index < -0.39 is 11.0 Å². The van der Waals surface area contributed by atoms with Gasteiger partial charge in [-0.3, -0.25) is 9.59 Å². The van der Waals surface area contributed by atoms with Crippen molar-refractivity contribution in [2.45, 2.75) is 38.2 Å². The highest BCUT2D eigenvalue weighted by atomic mass is 16.5. The molecule has 0 aromatic heterocycles. The molecule has 0 aliphatic heterocycles. The summed E-state index contributed by atoms with van der Waals surface area (Å²) in [5, 5.41) is 10.4. The summed E-state index contributed by atoms with van der Waals surface area (Å²) >= 11 is 0. The molecule has 0 radical (unpaired) electrons. The van der Waals surface area contributed by atoms with Gasteiger partial charge in [0.05, 0.1) is 18.6 Å². The number of ketones is 1. The summed E-state index contributed by atoms with van der Waals surface area (Å²) in [5.41, 5.74) is -1.74. The molecule has 0 bridgehead atoms. The van der Waals surface area contributed by atoms with Crippen molar-refractivity contribution >= 4 is 11.8 Å². The number of aliphatic hydroxyl groups is 1. The largest absolute Gasteiger partial charge is 0.466 e. The molecule has 2 fully saturated rings. The minimum Gasteiger partial charge on any atom is -0.466 e. The van der Waals surface area contributed by atoms with Crippen LogP contribution < -0.4 is 0 Å². The maximum Gasteiger partial charge on any atom is 0.306 e. The summed E-state index contributed by atoms with van der Waals surface area (Å²) in [7, 11) is 0. The molecule has 2 saturated carbocycles. The van der Waals surface area contributed by atoms with Crippen LogP contribution in [0.5, 0.6) is 0 Å². The van der Waals surface area contributed by atoms with Crippen LogP contribution in [0.3, 0.4) is 0 Å². The van der Waals surface area contributed by atoms with Crippen molar-refractivity contribution in [2.75, 3.05) is 6.61 Å². The van der Waals surface area contributed by atoms with E-state index in [0.717, 1.165) is 0 Å². The average Bonchev–Trinajstić information content (AvgIpc) is 2.54. The third kappa shape index (κ3) is 1.54. The summed E-state index contributed by atoms with van der Waals surface area (Å²) in [6.45, 7) is 5.69. The van der Waals surface area contributed by atoms with Crippen LogP contribution in [0.25, 0.3) is 0 Å². The summed E-state index contributed by atoms with van der Waals surface area (Å²) in [6.07, 6.45) is 2.98. The molecule has 17 heavy (non-hydrogen) atoms. The van der Waals surface area contributed by atoms with Gasteiger partial charge in [0.15, 0.2) is 0 Å². The van der Waals surface area contributed by atoms with E-state index >= 15 is 0 Å². The molecule has 0 saturated heterocycles. The van der Waals surface area contributed by atoms with Crippen molar-refractivity contribution in [1.82, 2.24) is 0 Å². The number of hydrogen-bond acceptors (Lipinski definition) is 4. The van der Waals surface area contributed by atoms with Gasteiger partial charge < -0.3 is 9.84 Å². The number of ether oxygens (including phenoxy) is 1. The molecule has 0 aromatic carbocycles. The Labute approximate surface area is 101 Å². The summed E-state index contributed by atoms with van der Waals surface area (Å²) in [4.78, 5) is 23.3. The van der Waals surface area contributed by atoms with Crippen molar-refractivity contribution in [3.63, 3.8) is 0 Å². The van der Waals surface area contributed by atoms with Crippen LogP contribution in [-0.2, 0) is 14.3 Å². The second kappa shape index (κ2) is 3.95. The van der Waals surface area contributed by atoms with E-state index in [1.165, 1.54) is 6.08 Å². The fourth-order valence-electron chi connectivity index (χ4n) is 3.33. The molecular weight excluding hydrogens is 220 g/mol. The van der Waals surface area contributed by atoms with Gasteiger partial charge >= 0.3 is 5.97 Å². The molecule has 0 spiro atoms. The molecule has 2 aliphatic rings. The van der Waals surface area contributed by atoms with Gasteiger partial charge in [-0.15, -0.1) is 6.58 Å². The predicted molar refractivity (Wildman–Crippen MR) is 61.2 cm³/mol. The zero-order valence-electron chi connectivity index (χ0n) is 10.1. The number of carbonyl (C=O) groups is 2. The smallest absolute Gasteiger partial charge is 0.306 e. The van der Waals surface area contributed by atoms with E-state index in [1.54, 1.807) is 6.92 Å². The molecule has 94 valence electrons. The van der Waals surface area contributed by atoms with E-state index in [-0.39, 0.29) is 24.1 Å². The summed E-state index contributed by atoms with van der Waals surface area (Å²) in [6, 6.07) is 0. The van der Waals surface area contributed by atoms with E-state index in [2.05, 4.69) is 6.58 Å². The van der Waals surface area contributed by atoms with E-state index in [0.29, 0.717) is 25.9 Å². The molecule has 3 atom stereocenters. The molecular formula is C13H18O4. The highest BCUT2D eigenvalue weighted by Gasteiger charge is 2.68. The van der Waals surface area contributed by atoms with Crippen LogP contribution >= 0.6 is 0 Å². The summed E-state index contributed by atoms with van der Waals surface area (Å²) < 4.78 is 4.93. The molecule has 4 heteroatoms. The molecule has 0 amide bonds.